The first kappa shape index (κ1) is 22.9. The van der Waals surface area contributed by atoms with Crippen molar-refractivity contribution in [2.24, 2.45) is 23.7 Å². The van der Waals surface area contributed by atoms with Crippen LogP contribution in [0, 0.1) is 23.7 Å². The van der Waals surface area contributed by atoms with E-state index in [4.69, 9.17) is 13.3 Å². The number of carbonyl (C=O) groups is 1. The fourth-order valence-electron chi connectivity index (χ4n) is 5.73. The molecule has 7 nitrogen and oxygen atoms in total. The van der Waals surface area contributed by atoms with Crippen molar-refractivity contribution in [1.29, 1.82) is 0 Å². The van der Waals surface area contributed by atoms with Gasteiger partial charge in [-0.25, -0.2) is 4.79 Å². The second-order valence-corrected chi connectivity index (χ2v) is 10.3. The Balaban J connectivity index is 1.69. The Morgan fingerprint density at radius 2 is 2.12 bits per heavy atom. The lowest BCUT2D eigenvalue weighted by Crippen LogP contribution is -2.52. The number of carbonyl (C=O) groups excluding carboxylic acids is 1. The molecule has 1 aliphatic heterocycles. The molecule has 5 atom stereocenters. The van der Waals surface area contributed by atoms with E-state index in [1.54, 1.807) is 12.5 Å². The molecule has 4 rings (SSSR count). The van der Waals surface area contributed by atoms with Gasteiger partial charge in [-0.05, 0) is 69.4 Å². The van der Waals surface area contributed by atoms with E-state index < -0.39 is 27.9 Å². The van der Waals surface area contributed by atoms with E-state index in [-0.39, 0.29) is 29.1 Å². The smallest absolute Gasteiger partial charge is 0.446 e. The van der Waals surface area contributed by atoms with Crippen LogP contribution in [0.25, 0.3) is 0 Å². The van der Waals surface area contributed by atoms with Crippen molar-refractivity contribution in [2.75, 3.05) is 0 Å². The molecule has 1 N–H and O–H groups in total. The van der Waals surface area contributed by atoms with Gasteiger partial charge in [-0.15, -0.1) is 0 Å². The third-order valence-corrected chi connectivity index (χ3v) is 7.50. The van der Waals surface area contributed by atoms with Crippen molar-refractivity contribution < 1.29 is 31.1 Å². The van der Waals surface area contributed by atoms with Gasteiger partial charge in [-0.1, -0.05) is 30.7 Å². The van der Waals surface area contributed by atoms with Gasteiger partial charge in [0, 0.05) is 11.8 Å². The predicted octanol–water partition coefficient (Wildman–Crippen LogP) is 4.79. The Labute approximate surface area is 189 Å². The number of furan rings is 1. The second-order valence-electron chi connectivity index (χ2n) is 9.30. The zero-order chi connectivity index (χ0) is 23.1. The van der Waals surface area contributed by atoms with E-state index in [1.165, 1.54) is 6.92 Å². The molecule has 5 unspecified atom stereocenters. The van der Waals surface area contributed by atoms with E-state index >= 15 is 0 Å². The lowest BCUT2D eigenvalue weighted by atomic mass is 9.64. The molecule has 3 aliphatic rings. The molecule has 1 saturated carbocycles. The number of hydrogen-bond acceptors (Lipinski definition) is 6. The molecule has 0 radical (unpaired) electrons. The third-order valence-electron chi connectivity index (χ3n) is 7.12. The average molecular weight is 463 g/mol. The number of ether oxygens (including phenoxy) is 1. The lowest BCUT2D eigenvalue weighted by Gasteiger charge is -2.45. The van der Waals surface area contributed by atoms with E-state index in [9.17, 15) is 17.8 Å². The third kappa shape index (κ3) is 4.18. The van der Waals surface area contributed by atoms with E-state index in [0.29, 0.717) is 0 Å². The van der Waals surface area contributed by atoms with E-state index in [2.05, 4.69) is 13.0 Å². The van der Waals surface area contributed by atoms with Crippen LogP contribution >= 0.6 is 0 Å². The second kappa shape index (κ2) is 8.56. The Hall–Kier alpha value is -2.32. The number of hydrogen-bond donors (Lipinski definition) is 1. The Bertz CT molecular complexity index is 1060. The SMILES string of the molecule is CC(=CC1C=CC2CCC(C)C2C12OC(=O)C(C)=C2OS(=O)(=O)O)CCCc1ccoc1. The van der Waals surface area contributed by atoms with Crippen LogP contribution in [0.5, 0.6) is 0 Å². The topological polar surface area (TPSA) is 103 Å². The van der Waals surface area contributed by atoms with Crippen molar-refractivity contribution >= 4 is 16.4 Å². The first-order valence-corrected chi connectivity index (χ1v) is 12.5. The fourth-order valence-corrected chi connectivity index (χ4v) is 6.20. The van der Waals surface area contributed by atoms with Gasteiger partial charge >= 0.3 is 16.4 Å². The summed E-state index contributed by atoms with van der Waals surface area (Å²) in [6.07, 6.45) is 14.1. The minimum atomic E-state index is -4.82. The summed E-state index contributed by atoms with van der Waals surface area (Å²) < 4.78 is 49.1. The van der Waals surface area contributed by atoms with Gasteiger partial charge in [0.1, 0.15) is 0 Å². The van der Waals surface area contributed by atoms with Crippen molar-refractivity contribution in [3.8, 4) is 0 Å². The van der Waals surface area contributed by atoms with Crippen LogP contribution < -0.4 is 0 Å². The van der Waals surface area contributed by atoms with Gasteiger partial charge in [0.05, 0.1) is 18.1 Å². The van der Waals surface area contributed by atoms with Gasteiger partial charge in [0.2, 0.25) is 0 Å². The normalized spacial score (nSPS) is 32.5. The number of rotatable bonds is 7. The molecule has 0 aromatic carbocycles. The summed E-state index contributed by atoms with van der Waals surface area (Å²) >= 11 is 0. The van der Waals surface area contributed by atoms with Crippen LogP contribution in [-0.2, 0) is 30.5 Å². The van der Waals surface area contributed by atoms with Gasteiger partial charge in [-0.2, -0.15) is 8.42 Å². The first-order valence-electron chi connectivity index (χ1n) is 11.1. The lowest BCUT2D eigenvalue weighted by molar-refractivity contribution is -0.160. The summed E-state index contributed by atoms with van der Waals surface area (Å²) in [6.45, 7) is 5.61. The molecule has 0 bridgehead atoms. The maximum absolute atomic E-state index is 12.7. The zero-order valence-corrected chi connectivity index (χ0v) is 19.4. The molecule has 1 aromatic rings. The molecule has 8 heteroatoms. The van der Waals surface area contributed by atoms with Gasteiger partial charge in [0.25, 0.3) is 0 Å². The highest BCUT2D eigenvalue weighted by molar-refractivity contribution is 7.81. The number of fused-ring (bicyclic) bond motifs is 2. The maximum atomic E-state index is 12.7. The molecule has 32 heavy (non-hydrogen) atoms. The first-order chi connectivity index (χ1) is 15.1. The molecule has 1 fully saturated rings. The van der Waals surface area contributed by atoms with Crippen LogP contribution in [0.4, 0.5) is 0 Å². The molecule has 0 amide bonds. The number of aryl methyl sites for hydroxylation is 1. The maximum Gasteiger partial charge on any atom is 0.446 e. The fraction of sp³-hybridized carbons (Fsp3) is 0.542. The van der Waals surface area contributed by atoms with Crippen molar-refractivity contribution in [3.05, 3.63) is 59.3 Å². The van der Waals surface area contributed by atoms with Crippen LogP contribution in [-0.4, -0.2) is 24.5 Å². The number of esters is 1. The standard InChI is InChI=1S/C24H30O7S/c1-15(5-4-6-18-11-12-29-14-18)13-20-10-9-19-8-7-16(2)21(19)24(20)22(31-32(26,27)28)17(3)23(25)30-24/h9-14,16,19-21H,4-8H2,1-3H3,(H,26,27,28). The van der Waals surface area contributed by atoms with E-state index in [1.807, 2.05) is 25.1 Å². The molecular weight excluding hydrogens is 432 g/mol. The van der Waals surface area contributed by atoms with Crippen molar-refractivity contribution in [2.45, 2.75) is 58.5 Å². The highest BCUT2D eigenvalue weighted by Gasteiger charge is 2.63. The summed E-state index contributed by atoms with van der Waals surface area (Å²) in [7, 11) is -4.82. The summed E-state index contributed by atoms with van der Waals surface area (Å²) in [6, 6.07) is 1.95. The van der Waals surface area contributed by atoms with Crippen molar-refractivity contribution in [3.63, 3.8) is 0 Å². The van der Waals surface area contributed by atoms with Gasteiger partial charge in [0.15, 0.2) is 11.4 Å². The van der Waals surface area contributed by atoms with Crippen LogP contribution in [0.2, 0.25) is 0 Å². The monoisotopic (exact) mass is 462 g/mol. The highest BCUT2D eigenvalue weighted by Crippen LogP contribution is 2.58. The predicted molar refractivity (Wildman–Crippen MR) is 118 cm³/mol. The summed E-state index contributed by atoms with van der Waals surface area (Å²) in [5, 5.41) is 0. The summed E-state index contributed by atoms with van der Waals surface area (Å²) in [5.74, 6) is -0.865. The average Bonchev–Trinajstić information content (AvgIpc) is 3.41. The van der Waals surface area contributed by atoms with Gasteiger partial charge in [-0.3, -0.25) is 4.55 Å². The largest absolute Gasteiger partial charge is 0.472 e. The molecule has 2 aliphatic carbocycles. The molecule has 1 spiro atoms. The Kier molecular flexibility index (Phi) is 6.11. The van der Waals surface area contributed by atoms with Crippen LogP contribution in [0.3, 0.4) is 0 Å². The quantitative estimate of drug-likeness (QED) is 0.353. The minimum absolute atomic E-state index is 0.0782. The number of allylic oxidation sites excluding steroid dienone is 2. The highest BCUT2D eigenvalue weighted by atomic mass is 32.3. The molecule has 174 valence electrons. The Morgan fingerprint density at radius 1 is 1.34 bits per heavy atom. The summed E-state index contributed by atoms with van der Waals surface area (Å²) in [4.78, 5) is 12.7. The molecule has 0 saturated heterocycles. The minimum Gasteiger partial charge on any atom is -0.472 e. The zero-order valence-electron chi connectivity index (χ0n) is 18.6. The molecular formula is C24H30O7S. The van der Waals surface area contributed by atoms with Crippen LogP contribution in [0.15, 0.2) is 58.1 Å². The van der Waals surface area contributed by atoms with Crippen molar-refractivity contribution in [1.82, 2.24) is 0 Å². The molecule has 1 aromatic heterocycles. The Morgan fingerprint density at radius 3 is 2.81 bits per heavy atom. The molecule has 2 heterocycles. The van der Waals surface area contributed by atoms with E-state index in [0.717, 1.165) is 43.2 Å². The summed E-state index contributed by atoms with van der Waals surface area (Å²) in [5.41, 5.74) is 1.06. The van der Waals surface area contributed by atoms with Crippen LogP contribution in [0.1, 0.15) is 52.0 Å². The van der Waals surface area contributed by atoms with Gasteiger partial charge < -0.3 is 13.3 Å².